The number of hydrogen-bond donors (Lipinski definition) is 2. The summed E-state index contributed by atoms with van der Waals surface area (Å²) in [6.45, 7) is 4.65. The molecule has 0 fully saturated rings. The van der Waals surface area contributed by atoms with Gasteiger partial charge in [-0.05, 0) is 44.0 Å². The molecule has 0 saturated heterocycles. The zero-order valence-corrected chi connectivity index (χ0v) is 9.66. The number of carbonyl (C=O) groups excluding carboxylic acids is 1. The molecule has 0 aromatic heterocycles. The summed E-state index contributed by atoms with van der Waals surface area (Å²) in [5.74, 6) is 0. The minimum atomic E-state index is -0.0291. The standard InChI is InChI=1S/C12H17N3O/c1-8(2)14-12(16)15-6-5-9-7-10(13)3-4-11(9)15/h3-4,7-8H,5-6,13H2,1-2H3,(H,14,16). The van der Waals surface area contributed by atoms with Gasteiger partial charge in [-0.3, -0.25) is 4.90 Å². The molecular formula is C12H17N3O. The highest BCUT2D eigenvalue weighted by Crippen LogP contribution is 2.29. The van der Waals surface area contributed by atoms with Crippen molar-refractivity contribution in [2.24, 2.45) is 0 Å². The van der Waals surface area contributed by atoms with Gasteiger partial charge in [-0.2, -0.15) is 0 Å². The van der Waals surface area contributed by atoms with Gasteiger partial charge in [0.15, 0.2) is 0 Å². The number of urea groups is 1. The van der Waals surface area contributed by atoms with E-state index in [4.69, 9.17) is 5.73 Å². The van der Waals surface area contributed by atoms with Crippen molar-refractivity contribution in [1.82, 2.24) is 5.32 Å². The summed E-state index contributed by atoms with van der Waals surface area (Å²) in [4.78, 5) is 13.7. The van der Waals surface area contributed by atoms with Crippen LogP contribution in [0.5, 0.6) is 0 Å². The summed E-state index contributed by atoms with van der Waals surface area (Å²) in [7, 11) is 0. The van der Waals surface area contributed by atoms with Gasteiger partial charge in [0.05, 0.1) is 0 Å². The topological polar surface area (TPSA) is 58.4 Å². The number of benzene rings is 1. The average molecular weight is 219 g/mol. The van der Waals surface area contributed by atoms with Gasteiger partial charge in [0.2, 0.25) is 0 Å². The molecule has 0 radical (unpaired) electrons. The number of carbonyl (C=O) groups is 1. The van der Waals surface area contributed by atoms with E-state index in [-0.39, 0.29) is 12.1 Å². The number of nitrogen functional groups attached to an aromatic ring is 1. The van der Waals surface area contributed by atoms with E-state index in [1.54, 1.807) is 4.90 Å². The molecule has 0 spiro atoms. The fourth-order valence-electron chi connectivity index (χ4n) is 1.96. The van der Waals surface area contributed by atoms with Crippen molar-refractivity contribution in [3.63, 3.8) is 0 Å². The molecule has 0 bridgehead atoms. The van der Waals surface area contributed by atoms with Gasteiger partial charge in [0.25, 0.3) is 0 Å². The molecule has 1 aliphatic rings. The van der Waals surface area contributed by atoms with Gasteiger partial charge in [-0.25, -0.2) is 4.79 Å². The van der Waals surface area contributed by atoms with Crippen LogP contribution in [0.25, 0.3) is 0 Å². The summed E-state index contributed by atoms with van der Waals surface area (Å²) >= 11 is 0. The lowest BCUT2D eigenvalue weighted by atomic mass is 10.1. The number of nitrogens with one attached hydrogen (secondary N) is 1. The van der Waals surface area contributed by atoms with E-state index in [0.717, 1.165) is 29.9 Å². The van der Waals surface area contributed by atoms with Crippen molar-refractivity contribution in [3.05, 3.63) is 23.8 Å². The number of anilines is 2. The van der Waals surface area contributed by atoms with Gasteiger partial charge in [-0.1, -0.05) is 0 Å². The molecule has 16 heavy (non-hydrogen) atoms. The van der Waals surface area contributed by atoms with Crippen molar-refractivity contribution < 1.29 is 4.79 Å². The lowest BCUT2D eigenvalue weighted by Gasteiger charge is -2.19. The zero-order valence-electron chi connectivity index (χ0n) is 9.66. The van der Waals surface area contributed by atoms with Gasteiger partial charge in [0, 0.05) is 24.0 Å². The van der Waals surface area contributed by atoms with Crippen LogP contribution in [0.2, 0.25) is 0 Å². The number of amides is 2. The molecule has 0 atom stereocenters. The summed E-state index contributed by atoms with van der Waals surface area (Å²) < 4.78 is 0. The monoisotopic (exact) mass is 219 g/mol. The van der Waals surface area contributed by atoms with E-state index in [0.29, 0.717) is 0 Å². The van der Waals surface area contributed by atoms with Crippen LogP contribution in [-0.2, 0) is 6.42 Å². The highest BCUT2D eigenvalue weighted by atomic mass is 16.2. The second kappa shape index (κ2) is 4.04. The molecule has 1 aromatic carbocycles. The maximum atomic E-state index is 11.9. The molecule has 1 heterocycles. The second-order valence-corrected chi connectivity index (χ2v) is 4.39. The first-order valence-corrected chi connectivity index (χ1v) is 5.54. The first kappa shape index (κ1) is 10.8. The molecule has 86 valence electrons. The third-order valence-corrected chi connectivity index (χ3v) is 2.66. The van der Waals surface area contributed by atoms with Gasteiger partial charge >= 0.3 is 6.03 Å². The Kier molecular flexibility index (Phi) is 2.73. The Hall–Kier alpha value is -1.71. The van der Waals surface area contributed by atoms with Gasteiger partial charge in [-0.15, -0.1) is 0 Å². The molecule has 3 N–H and O–H groups in total. The Balaban J connectivity index is 2.20. The Morgan fingerprint density at radius 1 is 1.50 bits per heavy atom. The maximum Gasteiger partial charge on any atom is 0.322 e. The Morgan fingerprint density at radius 2 is 2.25 bits per heavy atom. The van der Waals surface area contributed by atoms with Crippen molar-refractivity contribution in [3.8, 4) is 0 Å². The lowest BCUT2D eigenvalue weighted by Crippen LogP contribution is -2.42. The van der Waals surface area contributed by atoms with Crippen LogP contribution >= 0.6 is 0 Å². The molecular weight excluding hydrogens is 202 g/mol. The van der Waals surface area contributed by atoms with Crippen LogP contribution in [0.15, 0.2) is 18.2 Å². The second-order valence-electron chi connectivity index (χ2n) is 4.39. The maximum absolute atomic E-state index is 11.9. The van der Waals surface area contributed by atoms with E-state index in [1.165, 1.54) is 0 Å². The Bertz CT molecular complexity index is 415. The first-order chi connectivity index (χ1) is 7.58. The number of hydrogen-bond acceptors (Lipinski definition) is 2. The Morgan fingerprint density at radius 3 is 2.94 bits per heavy atom. The van der Waals surface area contributed by atoms with Crippen LogP contribution in [0, 0.1) is 0 Å². The summed E-state index contributed by atoms with van der Waals surface area (Å²) in [6.07, 6.45) is 0.881. The van der Waals surface area contributed by atoms with Crippen molar-refractivity contribution in [2.45, 2.75) is 26.3 Å². The van der Waals surface area contributed by atoms with Crippen LogP contribution in [0.3, 0.4) is 0 Å². The number of nitrogens with two attached hydrogens (primary N) is 1. The van der Waals surface area contributed by atoms with Crippen LogP contribution < -0.4 is 16.0 Å². The van der Waals surface area contributed by atoms with Gasteiger partial charge in [0.1, 0.15) is 0 Å². The fraction of sp³-hybridized carbons (Fsp3) is 0.417. The normalized spacial score (nSPS) is 14.1. The van der Waals surface area contributed by atoms with E-state index in [1.807, 2.05) is 32.0 Å². The Labute approximate surface area is 95.4 Å². The molecule has 0 aliphatic carbocycles. The minimum Gasteiger partial charge on any atom is -0.399 e. The third kappa shape index (κ3) is 1.96. The predicted molar refractivity (Wildman–Crippen MR) is 65.6 cm³/mol. The van der Waals surface area contributed by atoms with E-state index in [2.05, 4.69) is 5.32 Å². The number of nitrogens with zero attached hydrogens (tertiary/aromatic N) is 1. The SMILES string of the molecule is CC(C)NC(=O)N1CCc2cc(N)ccc21. The summed E-state index contributed by atoms with van der Waals surface area (Å²) in [5, 5.41) is 2.90. The van der Waals surface area contributed by atoms with Crippen LogP contribution in [0.4, 0.5) is 16.2 Å². The third-order valence-electron chi connectivity index (χ3n) is 2.66. The van der Waals surface area contributed by atoms with E-state index < -0.39 is 0 Å². The molecule has 4 nitrogen and oxygen atoms in total. The minimum absolute atomic E-state index is 0.0291. The highest BCUT2D eigenvalue weighted by Gasteiger charge is 2.24. The predicted octanol–water partition coefficient (Wildman–Crippen LogP) is 1.75. The molecule has 0 saturated carbocycles. The highest BCUT2D eigenvalue weighted by molar-refractivity contribution is 5.94. The molecule has 1 aromatic rings. The largest absolute Gasteiger partial charge is 0.399 e. The van der Waals surface area contributed by atoms with Crippen molar-refractivity contribution in [1.29, 1.82) is 0 Å². The summed E-state index contributed by atoms with van der Waals surface area (Å²) in [6, 6.07) is 5.82. The van der Waals surface area contributed by atoms with Crippen molar-refractivity contribution in [2.75, 3.05) is 17.2 Å². The van der Waals surface area contributed by atoms with E-state index in [9.17, 15) is 4.79 Å². The zero-order chi connectivity index (χ0) is 11.7. The molecule has 4 heteroatoms. The lowest BCUT2D eigenvalue weighted by molar-refractivity contribution is 0.244. The van der Waals surface area contributed by atoms with Crippen LogP contribution in [-0.4, -0.2) is 18.6 Å². The molecule has 2 rings (SSSR count). The van der Waals surface area contributed by atoms with Gasteiger partial charge < -0.3 is 11.1 Å². The quantitative estimate of drug-likeness (QED) is 0.707. The average Bonchev–Trinajstić information content (AvgIpc) is 2.59. The summed E-state index contributed by atoms with van der Waals surface area (Å²) in [5.41, 5.74) is 8.60. The molecule has 0 unspecified atom stereocenters. The molecule has 2 amide bonds. The first-order valence-electron chi connectivity index (χ1n) is 5.54. The smallest absolute Gasteiger partial charge is 0.322 e. The fourth-order valence-corrected chi connectivity index (χ4v) is 1.96. The molecule has 1 aliphatic heterocycles. The number of fused-ring (bicyclic) bond motifs is 1. The van der Waals surface area contributed by atoms with Crippen LogP contribution in [0.1, 0.15) is 19.4 Å². The number of rotatable bonds is 1. The van der Waals surface area contributed by atoms with E-state index >= 15 is 0 Å². The van der Waals surface area contributed by atoms with Crippen molar-refractivity contribution >= 4 is 17.4 Å².